The SMILES string of the molecule is CCn1c2ccccc2c2cc(NC(=O)COC(=O)c3ccc4ccccc4n3)ccc21. The fraction of sp³-hybridized carbons (Fsp3) is 0.115. The van der Waals surface area contributed by atoms with Crippen molar-refractivity contribution in [2.45, 2.75) is 13.5 Å². The van der Waals surface area contributed by atoms with Gasteiger partial charge in [-0.3, -0.25) is 4.79 Å². The number of carbonyl (C=O) groups excluding carboxylic acids is 2. The van der Waals surface area contributed by atoms with Crippen molar-refractivity contribution in [2.24, 2.45) is 0 Å². The lowest BCUT2D eigenvalue weighted by Crippen LogP contribution is -2.21. The first kappa shape index (κ1) is 19.8. The van der Waals surface area contributed by atoms with E-state index in [4.69, 9.17) is 4.74 Å². The second-order valence-electron chi connectivity index (χ2n) is 7.51. The minimum atomic E-state index is -0.632. The molecule has 0 bridgehead atoms. The Labute approximate surface area is 184 Å². The first-order chi connectivity index (χ1) is 15.6. The predicted molar refractivity (Wildman–Crippen MR) is 126 cm³/mol. The number of nitrogens with one attached hydrogen (secondary N) is 1. The average Bonchev–Trinajstić information content (AvgIpc) is 3.15. The number of pyridine rings is 1. The normalized spacial score (nSPS) is 11.2. The molecular formula is C26H21N3O3. The molecule has 5 rings (SSSR count). The van der Waals surface area contributed by atoms with E-state index in [1.807, 2.05) is 54.6 Å². The van der Waals surface area contributed by atoms with Crippen LogP contribution in [0.5, 0.6) is 0 Å². The first-order valence-corrected chi connectivity index (χ1v) is 10.5. The molecule has 0 aliphatic heterocycles. The molecule has 2 aromatic heterocycles. The largest absolute Gasteiger partial charge is 0.451 e. The predicted octanol–water partition coefficient (Wildman–Crippen LogP) is 5.16. The van der Waals surface area contributed by atoms with Gasteiger partial charge in [-0.2, -0.15) is 0 Å². The van der Waals surface area contributed by atoms with Crippen LogP contribution in [0.3, 0.4) is 0 Å². The Balaban J connectivity index is 1.30. The molecule has 158 valence electrons. The first-order valence-electron chi connectivity index (χ1n) is 10.5. The van der Waals surface area contributed by atoms with E-state index in [0.717, 1.165) is 33.7 Å². The highest BCUT2D eigenvalue weighted by molar-refractivity contribution is 6.10. The maximum Gasteiger partial charge on any atom is 0.357 e. The lowest BCUT2D eigenvalue weighted by molar-refractivity contribution is -0.119. The number of fused-ring (bicyclic) bond motifs is 4. The van der Waals surface area contributed by atoms with Gasteiger partial charge in [-0.05, 0) is 43.3 Å². The minimum absolute atomic E-state index is 0.172. The molecule has 6 nitrogen and oxygen atoms in total. The molecule has 0 fully saturated rings. The molecule has 32 heavy (non-hydrogen) atoms. The van der Waals surface area contributed by atoms with Crippen LogP contribution < -0.4 is 5.32 Å². The Hall–Kier alpha value is -4.19. The van der Waals surface area contributed by atoms with Gasteiger partial charge in [0.1, 0.15) is 5.69 Å². The number of ether oxygens (including phenoxy) is 1. The van der Waals surface area contributed by atoms with E-state index in [2.05, 4.69) is 33.9 Å². The maximum atomic E-state index is 12.4. The Morgan fingerprint density at radius 2 is 1.69 bits per heavy atom. The second kappa shape index (κ2) is 8.15. The quantitative estimate of drug-likeness (QED) is 0.397. The lowest BCUT2D eigenvalue weighted by atomic mass is 10.1. The van der Waals surface area contributed by atoms with Gasteiger partial charge in [0.15, 0.2) is 6.61 Å². The monoisotopic (exact) mass is 423 g/mol. The molecule has 0 aliphatic carbocycles. The number of aromatic nitrogens is 2. The van der Waals surface area contributed by atoms with E-state index >= 15 is 0 Å². The van der Waals surface area contributed by atoms with Crippen LogP contribution in [0.4, 0.5) is 5.69 Å². The van der Waals surface area contributed by atoms with Gasteiger partial charge in [-0.25, -0.2) is 9.78 Å². The second-order valence-corrected chi connectivity index (χ2v) is 7.51. The third-order valence-electron chi connectivity index (χ3n) is 5.51. The van der Waals surface area contributed by atoms with Crippen LogP contribution in [0.2, 0.25) is 0 Å². The van der Waals surface area contributed by atoms with Crippen LogP contribution in [0.15, 0.2) is 78.9 Å². The van der Waals surface area contributed by atoms with Crippen molar-refractivity contribution in [1.29, 1.82) is 0 Å². The summed E-state index contributed by atoms with van der Waals surface area (Å²) in [5, 5.41) is 5.95. The van der Waals surface area contributed by atoms with E-state index in [1.54, 1.807) is 12.1 Å². The van der Waals surface area contributed by atoms with Crippen LogP contribution in [0.25, 0.3) is 32.7 Å². The van der Waals surface area contributed by atoms with Gasteiger partial charge in [0.2, 0.25) is 0 Å². The Kier molecular flexibility index (Phi) is 5.03. The highest BCUT2D eigenvalue weighted by atomic mass is 16.5. The number of para-hydroxylation sites is 2. The number of aryl methyl sites for hydroxylation is 1. The fourth-order valence-electron chi connectivity index (χ4n) is 4.05. The number of nitrogens with zero attached hydrogens (tertiary/aromatic N) is 2. The fourth-order valence-corrected chi connectivity index (χ4v) is 4.05. The van der Waals surface area contributed by atoms with Gasteiger partial charge in [-0.15, -0.1) is 0 Å². The summed E-state index contributed by atoms with van der Waals surface area (Å²) in [7, 11) is 0. The molecule has 0 aliphatic rings. The summed E-state index contributed by atoms with van der Waals surface area (Å²) in [4.78, 5) is 29.0. The van der Waals surface area contributed by atoms with Crippen molar-refractivity contribution in [3.8, 4) is 0 Å². The number of hydrogen-bond donors (Lipinski definition) is 1. The van der Waals surface area contributed by atoms with Crippen LogP contribution in [-0.2, 0) is 16.1 Å². The maximum absolute atomic E-state index is 12.4. The van der Waals surface area contributed by atoms with E-state index in [0.29, 0.717) is 11.2 Å². The van der Waals surface area contributed by atoms with E-state index in [-0.39, 0.29) is 12.3 Å². The van der Waals surface area contributed by atoms with Crippen LogP contribution in [0, 0.1) is 0 Å². The van der Waals surface area contributed by atoms with Crippen molar-refractivity contribution in [2.75, 3.05) is 11.9 Å². The van der Waals surface area contributed by atoms with Crippen molar-refractivity contribution in [3.05, 3.63) is 84.6 Å². The van der Waals surface area contributed by atoms with Gasteiger partial charge in [0.05, 0.1) is 5.52 Å². The Bertz CT molecular complexity index is 1490. The number of benzene rings is 3. The van der Waals surface area contributed by atoms with Crippen LogP contribution >= 0.6 is 0 Å². The number of esters is 1. The zero-order valence-corrected chi connectivity index (χ0v) is 17.5. The standard InChI is InChI=1S/C26H21N3O3/c1-2-29-23-10-6-4-8-19(23)20-15-18(12-14-24(20)29)27-25(30)16-32-26(31)22-13-11-17-7-3-5-9-21(17)28-22/h3-15H,2,16H2,1H3,(H,27,30). The molecule has 0 unspecified atom stereocenters. The number of anilines is 1. The number of amides is 1. The number of carbonyl (C=O) groups is 2. The Morgan fingerprint density at radius 1 is 0.906 bits per heavy atom. The molecule has 0 saturated heterocycles. The van der Waals surface area contributed by atoms with Crippen LogP contribution in [-0.4, -0.2) is 28.0 Å². The molecule has 0 saturated carbocycles. The molecule has 1 N–H and O–H groups in total. The third kappa shape index (κ3) is 3.56. The van der Waals surface area contributed by atoms with Gasteiger partial charge in [0.25, 0.3) is 5.91 Å². The molecule has 0 atom stereocenters. The van der Waals surface area contributed by atoms with Crippen molar-refractivity contribution in [1.82, 2.24) is 9.55 Å². The van der Waals surface area contributed by atoms with Gasteiger partial charge in [-0.1, -0.05) is 42.5 Å². The highest BCUT2D eigenvalue weighted by Crippen LogP contribution is 2.30. The molecule has 2 heterocycles. The summed E-state index contributed by atoms with van der Waals surface area (Å²) >= 11 is 0. The highest BCUT2D eigenvalue weighted by Gasteiger charge is 2.14. The smallest absolute Gasteiger partial charge is 0.357 e. The summed E-state index contributed by atoms with van der Waals surface area (Å²) in [6.45, 7) is 2.58. The zero-order chi connectivity index (χ0) is 22.1. The van der Waals surface area contributed by atoms with Gasteiger partial charge < -0.3 is 14.6 Å². The third-order valence-corrected chi connectivity index (χ3v) is 5.51. The topological polar surface area (TPSA) is 73.2 Å². The molecule has 0 spiro atoms. The zero-order valence-electron chi connectivity index (χ0n) is 17.5. The van der Waals surface area contributed by atoms with E-state index < -0.39 is 11.9 Å². The molecule has 0 radical (unpaired) electrons. The van der Waals surface area contributed by atoms with Crippen molar-refractivity contribution in [3.63, 3.8) is 0 Å². The summed E-state index contributed by atoms with van der Waals surface area (Å²) in [6.07, 6.45) is 0. The minimum Gasteiger partial charge on any atom is -0.451 e. The molecule has 3 aromatic carbocycles. The summed E-state index contributed by atoms with van der Waals surface area (Å²) in [5.41, 5.74) is 3.79. The van der Waals surface area contributed by atoms with Gasteiger partial charge >= 0.3 is 5.97 Å². The lowest BCUT2D eigenvalue weighted by Gasteiger charge is -2.08. The Morgan fingerprint density at radius 3 is 2.56 bits per heavy atom. The molecule has 1 amide bonds. The number of hydrogen-bond acceptors (Lipinski definition) is 4. The van der Waals surface area contributed by atoms with Crippen LogP contribution in [0.1, 0.15) is 17.4 Å². The summed E-state index contributed by atoms with van der Waals surface area (Å²) in [5.74, 6) is -1.04. The summed E-state index contributed by atoms with van der Waals surface area (Å²) in [6, 6.07) is 24.9. The molecule has 5 aromatic rings. The number of rotatable bonds is 5. The van der Waals surface area contributed by atoms with Gasteiger partial charge in [0, 0.05) is 39.4 Å². The van der Waals surface area contributed by atoms with Crippen molar-refractivity contribution < 1.29 is 14.3 Å². The average molecular weight is 423 g/mol. The van der Waals surface area contributed by atoms with Crippen molar-refractivity contribution >= 4 is 50.3 Å². The van der Waals surface area contributed by atoms with E-state index in [9.17, 15) is 9.59 Å². The molecular weight excluding hydrogens is 402 g/mol. The summed E-state index contributed by atoms with van der Waals surface area (Å²) < 4.78 is 7.42. The van der Waals surface area contributed by atoms with E-state index in [1.165, 1.54) is 0 Å². The molecule has 6 heteroatoms.